The van der Waals surface area contributed by atoms with Crippen LogP contribution in [0.2, 0.25) is 0 Å². The molecule has 1 aromatic carbocycles. The molecule has 16 heavy (non-hydrogen) atoms. The quantitative estimate of drug-likeness (QED) is 0.889. The van der Waals surface area contributed by atoms with Crippen molar-refractivity contribution in [2.24, 2.45) is 0 Å². The fourth-order valence-corrected chi connectivity index (χ4v) is 1.80. The molecule has 0 fully saturated rings. The average molecular weight is 281 g/mol. The minimum Gasteiger partial charge on any atom is -0.478 e. The van der Waals surface area contributed by atoms with Crippen molar-refractivity contribution in [3.05, 3.63) is 40.0 Å². The normalized spacial score (nSPS) is 10.4. The lowest BCUT2D eigenvalue weighted by Gasteiger charge is -2.03. The third kappa shape index (κ3) is 1.86. The van der Waals surface area contributed by atoms with Crippen molar-refractivity contribution in [2.75, 3.05) is 0 Å². The van der Waals surface area contributed by atoms with Crippen molar-refractivity contribution in [3.63, 3.8) is 0 Å². The van der Waals surface area contributed by atoms with Gasteiger partial charge in [-0.15, -0.1) is 0 Å². The lowest BCUT2D eigenvalue weighted by Crippen LogP contribution is -1.96. The first-order valence-electron chi connectivity index (χ1n) is 4.63. The Labute approximate surface area is 100 Å². The van der Waals surface area contributed by atoms with Gasteiger partial charge in [0.1, 0.15) is 5.56 Å². The predicted octanol–water partition coefficient (Wildman–Crippen LogP) is 2.85. The first-order valence-corrected chi connectivity index (χ1v) is 5.42. The summed E-state index contributed by atoms with van der Waals surface area (Å²) in [5.74, 6) is -0.986. The number of carbonyl (C=O) groups is 1. The van der Waals surface area contributed by atoms with Crippen LogP contribution in [0.5, 0.6) is 0 Å². The van der Waals surface area contributed by atoms with Crippen LogP contribution in [0.1, 0.15) is 15.9 Å². The number of hydrogen-bond acceptors (Lipinski definition) is 2. The van der Waals surface area contributed by atoms with Crippen molar-refractivity contribution >= 4 is 21.9 Å². The Morgan fingerprint density at radius 1 is 1.50 bits per heavy atom. The molecule has 2 rings (SSSR count). The summed E-state index contributed by atoms with van der Waals surface area (Å²) in [5.41, 5.74) is 2.59. The van der Waals surface area contributed by atoms with Gasteiger partial charge in [0.25, 0.3) is 0 Å². The van der Waals surface area contributed by atoms with Crippen LogP contribution < -0.4 is 0 Å². The van der Waals surface area contributed by atoms with Gasteiger partial charge in [-0.1, -0.05) is 28.1 Å². The van der Waals surface area contributed by atoms with Crippen LogP contribution >= 0.6 is 15.9 Å². The molecule has 4 nitrogen and oxygen atoms in total. The van der Waals surface area contributed by atoms with Crippen molar-refractivity contribution in [1.82, 2.24) is 10.2 Å². The Balaban J connectivity index is 2.54. The summed E-state index contributed by atoms with van der Waals surface area (Å²) in [4.78, 5) is 10.9. The topological polar surface area (TPSA) is 66.0 Å². The number of H-pyrrole nitrogens is 1. The van der Waals surface area contributed by atoms with Crippen LogP contribution in [-0.4, -0.2) is 21.3 Å². The van der Waals surface area contributed by atoms with Crippen molar-refractivity contribution in [1.29, 1.82) is 0 Å². The van der Waals surface area contributed by atoms with Crippen LogP contribution in [0.3, 0.4) is 0 Å². The first kappa shape index (κ1) is 10.9. The average Bonchev–Trinajstić information content (AvgIpc) is 2.71. The van der Waals surface area contributed by atoms with Gasteiger partial charge in [-0.2, -0.15) is 5.10 Å². The van der Waals surface area contributed by atoms with E-state index in [4.69, 9.17) is 5.11 Å². The highest BCUT2D eigenvalue weighted by Crippen LogP contribution is 2.26. The Kier molecular flexibility index (Phi) is 2.78. The molecule has 0 aliphatic carbocycles. The molecule has 0 saturated carbocycles. The Morgan fingerprint density at radius 3 is 2.88 bits per heavy atom. The van der Waals surface area contributed by atoms with E-state index >= 15 is 0 Å². The van der Waals surface area contributed by atoms with Gasteiger partial charge in [-0.05, 0) is 18.6 Å². The van der Waals surface area contributed by atoms with Crippen molar-refractivity contribution in [2.45, 2.75) is 6.92 Å². The molecule has 0 bridgehead atoms. The minimum atomic E-state index is -0.986. The number of aromatic nitrogens is 2. The predicted molar refractivity (Wildman–Crippen MR) is 63.4 cm³/mol. The smallest absolute Gasteiger partial charge is 0.339 e. The summed E-state index contributed by atoms with van der Waals surface area (Å²) in [6, 6.07) is 5.65. The van der Waals surface area contributed by atoms with Gasteiger partial charge in [0.15, 0.2) is 0 Å². The number of aryl methyl sites for hydroxylation is 1. The molecule has 5 heteroatoms. The first-order chi connectivity index (χ1) is 7.59. The second-order valence-corrected chi connectivity index (χ2v) is 4.28. The van der Waals surface area contributed by atoms with E-state index < -0.39 is 5.97 Å². The number of hydrogen-bond donors (Lipinski definition) is 2. The van der Waals surface area contributed by atoms with Crippen LogP contribution in [0.25, 0.3) is 11.3 Å². The van der Waals surface area contributed by atoms with Gasteiger partial charge in [0, 0.05) is 10.0 Å². The summed E-state index contributed by atoms with van der Waals surface area (Å²) in [6.07, 6.45) is 1.31. The largest absolute Gasteiger partial charge is 0.478 e. The van der Waals surface area contributed by atoms with E-state index in [9.17, 15) is 4.79 Å². The summed E-state index contributed by atoms with van der Waals surface area (Å²) in [5, 5.41) is 15.4. The zero-order valence-corrected chi connectivity index (χ0v) is 10.1. The molecule has 82 valence electrons. The zero-order chi connectivity index (χ0) is 11.7. The molecule has 0 unspecified atom stereocenters. The van der Waals surface area contributed by atoms with Crippen molar-refractivity contribution in [3.8, 4) is 11.3 Å². The van der Waals surface area contributed by atoms with E-state index in [2.05, 4.69) is 26.1 Å². The molecule has 1 aromatic heterocycles. The van der Waals surface area contributed by atoms with E-state index in [1.165, 1.54) is 6.20 Å². The number of nitrogens with one attached hydrogen (secondary N) is 1. The number of carboxylic acids is 1. The number of halogens is 1. The molecule has 0 aliphatic rings. The van der Waals surface area contributed by atoms with Gasteiger partial charge < -0.3 is 5.11 Å². The standard InChI is InChI=1S/C11H9BrN2O2/c1-6-2-3-7(4-9(6)12)10-8(11(15)16)5-13-14-10/h2-5H,1H3,(H,13,14)(H,15,16). The minimum absolute atomic E-state index is 0.177. The van der Waals surface area contributed by atoms with Gasteiger partial charge in [-0.25, -0.2) is 4.79 Å². The molecule has 0 spiro atoms. The molecular weight excluding hydrogens is 272 g/mol. The Hall–Kier alpha value is -1.62. The molecule has 1 heterocycles. The molecule has 0 aliphatic heterocycles. The monoisotopic (exact) mass is 280 g/mol. The summed E-state index contributed by atoms with van der Waals surface area (Å²) in [7, 11) is 0. The zero-order valence-electron chi connectivity index (χ0n) is 8.49. The number of aromatic carboxylic acids is 1. The van der Waals surface area contributed by atoms with Gasteiger partial charge in [0.05, 0.1) is 11.9 Å². The summed E-state index contributed by atoms with van der Waals surface area (Å²) < 4.78 is 0.941. The fourth-order valence-electron chi connectivity index (χ4n) is 1.42. The number of aromatic amines is 1. The molecular formula is C11H9BrN2O2. The molecule has 0 radical (unpaired) electrons. The van der Waals surface area contributed by atoms with E-state index in [1.807, 2.05) is 25.1 Å². The highest BCUT2D eigenvalue weighted by atomic mass is 79.9. The molecule has 0 atom stereocenters. The molecule has 2 aromatic rings. The van der Waals surface area contributed by atoms with Crippen LogP contribution in [-0.2, 0) is 0 Å². The SMILES string of the molecule is Cc1ccc(-c2[nH]ncc2C(=O)O)cc1Br. The lowest BCUT2D eigenvalue weighted by atomic mass is 10.1. The number of benzene rings is 1. The van der Waals surface area contributed by atoms with Gasteiger partial charge in [0.2, 0.25) is 0 Å². The lowest BCUT2D eigenvalue weighted by molar-refractivity contribution is 0.0698. The van der Waals surface area contributed by atoms with Crippen LogP contribution in [0.4, 0.5) is 0 Å². The van der Waals surface area contributed by atoms with E-state index in [1.54, 1.807) is 0 Å². The molecule has 0 saturated heterocycles. The molecule has 0 amide bonds. The third-order valence-corrected chi connectivity index (χ3v) is 3.18. The van der Waals surface area contributed by atoms with Gasteiger partial charge in [-0.3, -0.25) is 5.10 Å². The Bertz CT molecular complexity index is 549. The number of nitrogens with zero attached hydrogens (tertiary/aromatic N) is 1. The summed E-state index contributed by atoms with van der Waals surface area (Å²) in [6.45, 7) is 1.97. The maximum Gasteiger partial charge on any atom is 0.339 e. The maximum absolute atomic E-state index is 10.9. The second-order valence-electron chi connectivity index (χ2n) is 3.43. The number of carboxylic acid groups (broad SMARTS) is 1. The van der Waals surface area contributed by atoms with E-state index in [0.29, 0.717) is 5.69 Å². The third-order valence-electron chi connectivity index (χ3n) is 2.33. The summed E-state index contributed by atoms with van der Waals surface area (Å²) >= 11 is 3.41. The Morgan fingerprint density at radius 2 is 2.25 bits per heavy atom. The highest BCUT2D eigenvalue weighted by molar-refractivity contribution is 9.10. The molecule has 2 N–H and O–H groups in total. The van der Waals surface area contributed by atoms with Crippen LogP contribution in [0.15, 0.2) is 28.9 Å². The van der Waals surface area contributed by atoms with E-state index in [-0.39, 0.29) is 5.56 Å². The van der Waals surface area contributed by atoms with Crippen molar-refractivity contribution < 1.29 is 9.90 Å². The fraction of sp³-hybridized carbons (Fsp3) is 0.0909. The van der Waals surface area contributed by atoms with E-state index in [0.717, 1.165) is 15.6 Å². The van der Waals surface area contributed by atoms with Gasteiger partial charge >= 0.3 is 5.97 Å². The second kappa shape index (κ2) is 4.09. The maximum atomic E-state index is 10.9. The van der Waals surface area contributed by atoms with Crippen LogP contribution in [0, 0.1) is 6.92 Å². The number of rotatable bonds is 2. The highest BCUT2D eigenvalue weighted by Gasteiger charge is 2.14.